The molecular formula is C22H25FN4O3. The fourth-order valence-electron chi connectivity index (χ4n) is 4.16. The van der Waals surface area contributed by atoms with E-state index in [0.29, 0.717) is 38.2 Å². The molecule has 0 radical (unpaired) electrons. The van der Waals surface area contributed by atoms with Crippen LogP contribution in [0.5, 0.6) is 0 Å². The van der Waals surface area contributed by atoms with Crippen LogP contribution in [0.4, 0.5) is 10.1 Å². The number of nitrogens with zero attached hydrogens (tertiary/aromatic N) is 3. The predicted octanol–water partition coefficient (Wildman–Crippen LogP) is 2.73. The van der Waals surface area contributed by atoms with Crippen molar-refractivity contribution in [2.75, 3.05) is 25.0 Å². The molecule has 4 rings (SSSR count). The molecule has 0 aliphatic carbocycles. The van der Waals surface area contributed by atoms with Gasteiger partial charge >= 0.3 is 0 Å². The summed E-state index contributed by atoms with van der Waals surface area (Å²) >= 11 is 0. The maximum atomic E-state index is 13.2. The van der Waals surface area contributed by atoms with E-state index in [1.165, 1.54) is 18.2 Å². The van der Waals surface area contributed by atoms with Crippen LogP contribution in [0.1, 0.15) is 42.8 Å². The zero-order chi connectivity index (χ0) is 21.1. The number of benzene rings is 1. The molecule has 2 amide bonds. The summed E-state index contributed by atoms with van der Waals surface area (Å²) in [7, 11) is 0. The fourth-order valence-corrected chi connectivity index (χ4v) is 4.16. The third kappa shape index (κ3) is 4.33. The molecule has 3 heterocycles. The van der Waals surface area contributed by atoms with Crippen LogP contribution in [0.25, 0.3) is 0 Å². The van der Waals surface area contributed by atoms with E-state index in [1.54, 1.807) is 11.0 Å². The van der Waals surface area contributed by atoms with E-state index in [1.807, 2.05) is 13.1 Å². The Labute approximate surface area is 174 Å². The molecule has 1 saturated heterocycles. The molecule has 158 valence electrons. The first-order chi connectivity index (χ1) is 14.4. The largest absolute Gasteiger partial charge is 0.368 e. The highest BCUT2D eigenvalue weighted by molar-refractivity contribution is 5.93. The molecule has 2 aliphatic rings. The topological polar surface area (TPSA) is 84.4 Å². The lowest BCUT2D eigenvalue weighted by Crippen LogP contribution is -2.49. The van der Waals surface area contributed by atoms with Crippen LogP contribution in [-0.4, -0.2) is 46.4 Å². The summed E-state index contributed by atoms with van der Waals surface area (Å²) in [5.41, 5.74) is 2.02. The molecule has 2 aliphatic heterocycles. The van der Waals surface area contributed by atoms with Crippen molar-refractivity contribution in [3.8, 4) is 0 Å². The Morgan fingerprint density at radius 1 is 1.27 bits per heavy atom. The van der Waals surface area contributed by atoms with E-state index in [9.17, 15) is 14.0 Å². The van der Waals surface area contributed by atoms with Crippen LogP contribution in [0.15, 0.2) is 30.5 Å². The first-order valence-electron chi connectivity index (χ1n) is 10.3. The quantitative estimate of drug-likeness (QED) is 0.835. The number of ether oxygens (including phenoxy) is 1. The van der Waals surface area contributed by atoms with Crippen LogP contribution >= 0.6 is 0 Å². The van der Waals surface area contributed by atoms with Gasteiger partial charge in [0.2, 0.25) is 11.8 Å². The van der Waals surface area contributed by atoms with Gasteiger partial charge in [-0.1, -0.05) is 6.07 Å². The molecule has 30 heavy (non-hydrogen) atoms. The van der Waals surface area contributed by atoms with Crippen LogP contribution in [0, 0.1) is 12.7 Å². The molecule has 1 aromatic carbocycles. The fraction of sp³-hybridized carbons (Fsp3) is 0.455. The second kappa shape index (κ2) is 8.47. The Morgan fingerprint density at radius 2 is 2.07 bits per heavy atom. The Bertz CT molecular complexity index is 957. The highest BCUT2D eigenvalue weighted by atomic mass is 19.1. The van der Waals surface area contributed by atoms with Crippen molar-refractivity contribution in [3.05, 3.63) is 53.4 Å². The molecule has 0 atom stereocenters. The van der Waals surface area contributed by atoms with Gasteiger partial charge < -0.3 is 15.0 Å². The lowest BCUT2D eigenvalue weighted by atomic mass is 9.83. The number of amides is 2. The molecule has 0 saturated carbocycles. The number of anilines is 1. The maximum absolute atomic E-state index is 13.2. The molecule has 2 aromatic rings. The van der Waals surface area contributed by atoms with Gasteiger partial charge in [-0.3, -0.25) is 9.59 Å². The van der Waals surface area contributed by atoms with E-state index >= 15 is 0 Å². The number of nitrogens with one attached hydrogen (secondary N) is 1. The van der Waals surface area contributed by atoms with Crippen LogP contribution < -0.4 is 5.32 Å². The molecular weight excluding hydrogens is 387 g/mol. The third-order valence-corrected chi connectivity index (χ3v) is 5.76. The van der Waals surface area contributed by atoms with E-state index < -0.39 is 11.4 Å². The van der Waals surface area contributed by atoms with Gasteiger partial charge in [-0.05, 0) is 49.9 Å². The number of fused-ring (bicyclic) bond motifs is 2. The zero-order valence-corrected chi connectivity index (χ0v) is 17.0. The summed E-state index contributed by atoms with van der Waals surface area (Å²) in [6.45, 7) is 3.63. The highest BCUT2D eigenvalue weighted by Gasteiger charge is 2.43. The van der Waals surface area contributed by atoms with Gasteiger partial charge in [0.05, 0.1) is 12.3 Å². The smallest absolute Gasteiger partial charge is 0.224 e. The minimum absolute atomic E-state index is 0.0583. The molecule has 1 aromatic heterocycles. The number of halogens is 1. The van der Waals surface area contributed by atoms with Crippen molar-refractivity contribution in [1.82, 2.24) is 14.9 Å². The normalized spacial score (nSPS) is 17.5. The summed E-state index contributed by atoms with van der Waals surface area (Å²) < 4.78 is 19.4. The van der Waals surface area contributed by atoms with Gasteiger partial charge in [0, 0.05) is 37.8 Å². The number of aromatic nitrogens is 2. The van der Waals surface area contributed by atoms with Crippen molar-refractivity contribution in [2.45, 2.75) is 44.6 Å². The Balaban J connectivity index is 1.31. The maximum Gasteiger partial charge on any atom is 0.224 e. The van der Waals surface area contributed by atoms with Gasteiger partial charge in [0.1, 0.15) is 17.2 Å². The second-order valence-corrected chi connectivity index (χ2v) is 7.82. The highest BCUT2D eigenvalue weighted by Crippen LogP contribution is 2.40. The minimum Gasteiger partial charge on any atom is -0.368 e. The van der Waals surface area contributed by atoms with Gasteiger partial charge in [-0.15, -0.1) is 0 Å². The number of likely N-dealkylation sites (tertiary alicyclic amines) is 1. The van der Waals surface area contributed by atoms with Crippen LogP contribution in [0.2, 0.25) is 0 Å². The first-order valence-corrected chi connectivity index (χ1v) is 10.3. The predicted molar refractivity (Wildman–Crippen MR) is 108 cm³/mol. The summed E-state index contributed by atoms with van der Waals surface area (Å²) in [6.07, 6.45) is 4.22. The number of hydrogen-bond donors (Lipinski definition) is 1. The summed E-state index contributed by atoms with van der Waals surface area (Å²) in [5, 5.41) is 2.62. The first kappa shape index (κ1) is 20.4. The van der Waals surface area contributed by atoms with E-state index in [4.69, 9.17) is 4.74 Å². The summed E-state index contributed by atoms with van der Waals surface area (Å²) in [6, 6.07) is 5.69. The standard InChI is InChI=1S/C22H25FN4O3/c1-15-24-14-16-7-12-30-22(21(16)25-15)8-10-27(11-9-22)20(29)6-5-19(28)26-18-4-2-3-17(23)13-18/h2-4,13-14H,5-12H2,1H3,(H,26,28). The summed E-state index contributed by atoms with van der Waals surface area (Å²) in [5.74, 6) is -0.0622. The molecule has 7 nitrogen and oxygen atoms in total. The number of carbonyl (C=O) groups excluding carboxylic acids is 2. The van der Waals surface area contributed by atoms with Gasteiger partial charge in [-0.25, -0.2) is 14.4 Å². The van der Waals surface area contributed by atoms with Crippen LogP contribution in [0.3, 0.4) is 0 Å². The average molecular weight is 412 g/mol. The Kier molecular flexibility index (Phi) is 5.76. The van der Waals surface area contributed by atoms with Crippen LogP contribution in [-0.2, 0) is 26.3 Å². The van der Waals surface area contributed by atoms with Gasteiger partial charge in [-0.2, -0.15) is 0 Å². The molecule has 0 bridgehead atoms. The Morgan fingerprint density at radius 3 is 2.83 bits per heavy atom. The Hall–Kier alpha value is -2.87. The number of piperidine rings is 1. The number of hydrogen-bond acceptors (Lipinski definition) is 5. The molecule has 0 unspecified atom stereocenters. The lowest BCUT2D eigenvalue weighted by molar-refractivity contribution is -0.142. The SMILES string of the molecule is Cc1ncc2c(n1)C1(CCN(C(=O)CCC(=O)Nc3cccc(F)c3)CC1)OCC2. The molecule has 1 spiro atoms. The van der Waals surface area contributed by atoms with Crippen molar-refractivity contribution in [3.63, 3.8) is 0 Å². The second-order valence-electron chi connectivity index (χ2n) is 7.82. The third-order valence-electron chi connectivity index (χ3n) is 5.76. The lowest BCUT2D eigenvalue weighted by Gasteiger charge is -2.44. The van der Waals surface area contributed by atoms with E-state index in [2.05, 4.69) is 15.3 Å². The van der Waals surface area contributed by atoms with Crippen molar-refractivity contribution in [2.24, 2.45) is 0 Å². The van der Waals surface area contributed by atoms with Gasteiger partial charge in [0.15, 0.2) is 0 Å². The summed E-state index contributed by atoms with van der Waals surface area (Å²) in [4.78, 5) is 35.4. The molecule has 1 fully saturated rings. The minimum atomic E-state index is -0.452. The van der Waals surface area contributed by atoms with E-state index in [-0.39, 0.29) is 24.7 Å². The van der Waals surface area contributed by atoms with Crippen molar-refractivity contribution >= 4 is 17.5 Å². The number of rotatable bonds is 4. The monoisotopic (exact) mass is 412 g/mol. The zero-order valence-electron chi connectivity index (χ0n) is 17.0. The van der Waals surface area contributed by atoms with Gasteiger partial charge in [0.25, 0.3) is 0 Å². The molecule has 1 N–H and O–H groups in total. The number of aryl methyl sites for hydroxylation is 1. The molecule has 8 heteroatoms. The average Bonchev–Trinajstić information content (AvgIpc) is 2.73. The van der Waals surface area contributed by atoms with Crippen molar-refractivity contribution < 1.29 is 18.7 Å². The van der Waals surface area contributed by atoms with E-state index in [0.717, 1.165) is 23.5 Å². The number of carbonyl (C=O) groups is 2. The van der Waals surface area contributed by atoms with Crippen molar-refractivity contribution in [1.29, 1.82) is 0 Å².